The van der Waals surface area contributed by atoms with Crippen LogP contribution in [0.15, 0.2) is 78.9 Å². The Morgan fingerprint density at radius 2 is 0.944 bits per heavy atom. The zero-order valence-corrected chi connectivity index (χ0v) is 20.5. The smallest absolute Gasteiger partial charge is 0.490 e. The van der Waals surface area contributed by atoms with Gasteiger partial charge in [-0.3, -0.25) is 0 Å². The van der Waals surface area contributed by atoms with Crippen LogP contribution in [0, 0.1) is 0 Å². The van der Waals surface area contributed by atoms with Gasteiger partial charge in [0.2, 0.25) is 0 Å². The van der Waals surface area contributed by atoms with Crippen LogP contribution in [0.5, 0.6) is 17.2 Å². The van der Waals surface area contributed by atoms with Gasteiger partial charge in [-0.15, -0.1) is 0 Å². The van der Waals surface area contributed by atoms with Crippen molar-refractivity contribution in [1.82, 2.24) is 0 Å². The molecule has 3 N–H and O–H groups in total. The molecule has 0 unspecified atom stereocenters. The van der Waals surface area contributed by atoms with Crippen molar-refractivity contribution in [2.75, 3.05) is 0 Å². The van der Waals surface area contributed by atoms with Gasteiger partial charge in [0, 0.05) is 0 Å². The Bertz CT molecular complexity index is 1050. The van der Waals surface area contributed by atoms with Crippen LogP contribution < -0.4 is 14.2 Å². The van der Waals surface area contributed by atoms with E-state index in [2.05, 4.69) is 4.74 Å². The maximum absolute atomic E-state index is 10.7. The normalized spacial score (nSPS) is 9.72. The summed E-state index contributed by atoms with van der Waals surface area (Å²) in [6.07, 6.45) is -1.31. The summed E-state index contributed by atoms with van der Waals surface area (Å²) in [5, 5.41) is 25.7. The second-order valence-corrected chi connectivity index (χ2v) is 7.62. The maximum atomic E-state index is 10.7. The standard InChI is InChI=1S/2C10H12O3.C7H6O3/c2*1-7(2)13-9-6-4-3-5-8(9)10(11)12;8-7(9)10-6-4-2-1-3-5-6/h2*3-7H,1-2H3,(H,11,12);1-5H,(H,8,9). The molecule has 0 aliphatic carbocycles. The molecule has 0 aliphatic heterocycles. The van der Waals surface area contributed by atoms with Gasteiger partial charge in [-0.25, -0.2) is 14.4 Å². The lowest BCUT2D eigenvalue weighted by Crippen LogP contribution is -2.09. The lowest BCUT2D eigenvalue weighted by molar-refractivity contribution is 0.0679. The van der Waals surface area contributed by atoms with E-state index in [4.69, 9.17) is 24.8 Å². The van der Waals surface area contributed by atoms with Crippen molar-refractivity contribution in [3.63, 3.8) is 0 Å². The van der Waals surface area contributed by atoms with Crippen molar-refractivity contribution in [3.8, 4) is 17.2 Å². The number of benzene rings is 3. The van der Waals surface area contributed by atoms with Gasteiger partial charge in [-0.05, 0) is 64.1 Å². The summed E-state index contributed by atoms with van der Waals surface area (Å²) < 4.78 is 15.0. The predicted molar refractivity (Wildman–Crippen MR) is 133 cm³/mol. The zero-order chi connectivity index (χ0) is 27.1. The SMILES string of the molecule is CC(C)Oc1ccccc1C(=O)O.CC(C)Oc1ccccc1C(=O)O.O=C(O)Oc1ccccc1. The fourth-order valence-electron chi connectivity index (χ4n) is 2.59. The third-order valence-corrected chi connectivity index (χ3v) is 3.91. The summed E-state index contributed by atoms with van der Waals surface area (Å²) in [6, 6.07) is 21.6. The highest BCUT2D eigenvalue weighted by molar-refractivity contribution is 5.91. The van der Waals surface area contributed by atoms with E-state index in [1.165, 1.54) is 12.1 Å². The van der Waals surface area contributed by atoms with Crippen LogP contribution in [0.25, 0.3) is 0 Å². The predicted octanol–water partition coefficient (Wildman–Crippen LogP) is 6.09. The molecule has 3 aromatic rings. The van der Waals surface area contributed by atoms with E-state index < -0.39 is 18.1 Å². The Morgan fingerprint density at radius 1 is 0.583 bits per heavy atom. The number of aromatic carboxylic acids is 2. The minimum atomic E-state index is -1.29. The fraction of sp³-hybridized carbons (Fsp3) is 0.222. The molecular formula is C27H30O9. The average molecular weight is 499 g/mol. The largest absolute Gasteiger partial charge is 0.511 e. The molecule has 0 radical (unpaired) electrons. The summed E-state index contributed by atoms with van der Waals surface area (Å²) in [7, 11) is 0. The van der Waals surface area contributed by atoms with Crippen LogP contribution in [0.3, 0.4) is 0 Å². The Hall–Kier alpha value is -4.53. The Morgan fingerprint density at radius 3 is 1.28 bits per heavy atom. The van der Waals surface area contributed by atoms with Crippen molar-refractivity contribution in [2.45, 2.75) is 39.9 Å². The van der Waals surface area contributed by atoms with Crippen LogP contribution >= 0.6 is 0 Å². The lowest BCUT2D eigenvalue weighted by Gasteiger charge is -2.11. The van der Waals surface area contributed by atoms with Gasteiger partial charge in [0.25, 0.3) is 0 Å². The van der Waals surface area contributed by atoms with Crippen LogP contribution in [0.1, 0.15) is 48.4 Å². The molecule has 0 heterocycles. The quantitative estimate of drug-likeness (QED) is 0.261. The Balaban J connectivity index is 0.000000273. The molecule has 0 bridgehead atoms. The molecule has 0 aliphatic rings. The molecule has 36 heavy (non-hydrogen) atoms. The maximum Gasteiger partial charge on any atom is 0.511 e. The van der Waals surface area contributed by atoms with Gasteiger partial charge in [-0.2, -0.15) is 0 Å². The molecule has 3 aromatic carbocycles. The van der Waals surface area contributed by atoms with Crippen molar-refractivity contribution in [2.24, 2.45) is 0 Å². The first-order valence-corrected chi connectivity index (χ1v) is 10.9. The van der Waals surface area contributed by atoms with E-state index in [-0.39, 0.29) is 23.3 Å². The number of rotatable bonds is 7. The topological polar surface area (TPSA) is 140 Å². The molecule has 0 saturated carbocycles. The van der Waals surface area contributed by atoms with Gasteiger partial charge in [0.15, 0.2) is 0 Å². The highest BCUT2D eigenvalue weighted by Crippen LogP contribution is 2.19. The molecule has 9 heteroatoms. The second-order valence-electron chi connectivity index (χ2n) is 7.62. The monoisotopic (exact) mass is 498 g/mol. The first kappa shape index (κ1) is 29.5. The van der Waals surface area contributed by atoms with Gasteiger partial charge in [0.1, 0.15) is 28.4 Å². The van der Waals surface area contributed by atoms with Gasteiger partial charge < -0.3 is 29.5 Å². The third-order valence-electron chi connectivity index (χ3n) is 3.91. The van der Waals surface area contributed by atoms with Crippen LogP contribution in [-0.2, 0) is 0 Å². The van der Waals surface area contributed by atoms with Crippen molar-refractivity contribution in [1.29, 1.82) is 0 Å². The molecule has 192 valence electrons. The summed E-state index contributed by atoms with van der Waals surface area (Å²) in [4.78, 5) is 31.4. The average Bonchev–Trinajstić information content (AvgIpc) is 2.80. The summed E-state index contributed by atoms with van der Waals surface area (Å²) in [6.45, 7) is 7.44. The number of hydrogen-bond donors (Lipinski definition) is 3. The molecule has 3 rings (SSSR count). The highest BCUT2D eigenvalue weighted by atomic mass is 16.7. The zero-order valence-electron chi connectivity index (χ0n) is 20.5. The van der Waals surface area contributed by atoms with Crippen molar-refractivity contribution < 1.29 is 43.9 Å². The number of carboxylic acids is 2. The molecule has 0 saturated heterocycles. The molecule has 0 amide bonds. The number of hydrogen-bond acceptors (Lipinski definition) is 6. The number of para-hydroxylation sites is 3. The van der Waals surface area contributed by atoms with E-state index in [0.717, 1.165) is 0 Å². The minimum Gasteiger partial charge on any atom is -0.490 e. The summed E-state index contributed by atoms with van der Waals surface area (Å²) in [5.74, 6) is -0.738. The van der Waals surface area contributed by atoms with E-state index in [0.29, 0.717) is 17.2 Å². The van der Waals surface area contributed by atoms with E-state index in [1.54, 1.807) is 66.7 Å². The lowest BCUT2D eigenvalue weighted by atomic mass is 10.2. The van der Waals surface area contributed by atoms with Crippen molar-refractivity contribution in [3.05, 3.63) is 90.0 Å². The Kier molecular flexibility index (Phi) is 12.6. The first-order valence-electron chi connectivity index (χ1n) is 10.9. The van der Waals surface area contributed by atoms with E-state index in [9.17, 15) is 14.4 Å². The van der Waals surface area contributed by atoms with Crippen LogP contribution in [0.2, 0.25) is 0 Å². The van der Waals surface area contributed by atoms with E-state index >= 15 is 0 Å². The second kappa shape index (κ2) is 15.4. The molecule has 0 aromatic heterocycles. The summed E-state index contributed by atoms with van der Waals surface area (Å²) in [5.41, 5.74) is 0.410. The molecular weight excluding hydrogens is 468 g/mol. The molecule has 0 fully saturated rings. The summed E-state index contributed by atoms with van der Waals surface area (Å²) >= 11 is 0. The fourth-order valence-corrected chi connectivity index (χ4v) is 2.59. The van der Waals surface area contributed by atoms with Gasteiger partial charge in [0.05, 0.1) is 12.2 Å². The highest BCUT2D eigenvalue weighted by Gasteiger charge is 2.11. The van der Waals surface area contributed by atoms with Gasteiger partial charge in [-0.1, -0.05) is 42.5 Å². The number of carbonyl (C=O) groups is 3. The minimum absolute atomic E-state index is 0.0134. The molecule has 0 atom stereocenters. The molecule has 0 spiro atoms. The molecule has 9 nitrogen and oxygen atoms in total. The first-order chi connectivity index (χ1) is 17.0. The van der Waals surface area contributed by atoms with E-state index in [1.807, 2.05) is 27.7 Å². The number of carboxylic acid groups (broad SMARTS) is 3. The van der Waals surface area contributed by atoms with Crippen LogP contribution in [-0.4, -0.2) is 45.6 Å². The van der Waals surface area contributed by atoms with Crippen molar-refractivity contribution >= 4 is 18.1 Å². The third kappa shape index (κ3) is 11.6. The van der Waals surface area contributed by atoms with Crippen LogP contribution in [0.4, 0.5) is 4.79 Å². The number of ether oxygens (including phenoxy) is 3. The Labute approximate surface area is 209 Å². The van der Waals surface area contributed by atoms with Gasteiger partial charge >= 0.3 is 18.1 Å².